The van der Waals surface area contributed by atoms with Crippen LogP contribution >= 0.6 is 0 Å². The first-order valence-corrected chi connectivity index (χ1v) is 5.07. The first-order chi connectivity index (χ1) is 6.88. The molecule has 0 saturated carbocycles. The summed E-state index contributed by atoms with van der Waals surface area (Å²) in [5.41, 5.74) is 1.19. The maximum atomic E-state index is 5.26. The van der Waals surface area contributed by atoms with Crippen molar-refractivity contribution in [2.24, 2.45) is 0 Å². The average Bonchev–Trinajstić information content (AvgIpc) is 2.71. The third kappa shape index (κ3) is 3.27. The van der Waals surface area contributed by atoms with Crippen LogP contribution in [0.3, 0.4) is 0 Å². The zero-order valence-electron chi connectivity index (χ0n) is 8.62. The average molecular weight is 191 g/mol. The standard InChI is InChI=1S/C12H17NO/c1-3-5-6-12(13-8-4-2)11-7-9-14-10-11/h1,7,9-10,12-13H,4-6,8H2,2H3. The maximum absolute atomic E-state index is 5.26. The normalized spacial score (nSPS) is 12.3. The second kappa shape index (κ2) is 6.28. The van der Waals surface area contributed by atoms with Crippen molar-refractivity contribution in [3.8, 4) is 12.3 Å². The number of hydrogen-bond donors (Lipinski definition) is 1. The molecule has 76 valence electrons. The van der Waals surface area contributed by atoms with Crippen LogP contribution in [0.15, 0.2) is 23.0 Å². The minimum atomic E-state index is 0.338. The Morgan fingerprint density at radius 3 is 3.07 bits per heavy atom. The lowest BCUT2D eigenvalue weighted by molar-refractivity contribution is 0.493. The van der Waals surface area contributed by atoms with Crippen LogP contribution in [-0.2, 0) is 0 Å². The minimum absolute atomic E-state index is 0.338. The van der Waals surface area contributed by atoms with E-state index in [0.29, 0.717) is 6.04 Å². The quantitative estimate of drug-likeness (QED) is 0.699. The summed E-state index contributed by atoms with van der Waals surface area (Å²) in [4.78, 5) is 0. The van der Waals surface area contributed by atoms with Gasteiger partial charge in [0.25, 0.3) is 0 Å². The van der Waals surface area contributed by atoms with Gasteiger partial charge in [-0.2, -0.15) is 0 Å². The first kappa shape index (κ1) is 10.9. The second-order valence-corrected chi connectivity index (χ2v) is 3.31. The predicted octanol–water partition coefficient (Wildman–Crippen LogP) is 2.73. The van der Waals surface area contributed by atoms with E-state index in [1.165, 1.54) is 5.56 Å². The zero-order valence-corrected chi connectivity index (χ0v) is 8.62. The van der Waals surface area contributed by atoms with Gasteiger partial charge in [0.1, 0.15) is 0 Å². The van der Waals surface area contributed by atoms with Crippen LogP contribution < -0.4 is 5.32 Å². The van der Waals surface area contributed by atoms with Gasteiger partial charge in [-0.05, 0) is 25.5 Å². The van der Waals surface area contributed by atoms with Gasteiger partial charge in [-0.3, -0.25) is 0 Å². The van der Waals surface area contributed by atoms with Crippen molar-refractivity contribution < 1.29 is 4.42 Å². The number of nitrogens with one attached hydrogen (secondary N) is 1. The molecular weight excluding hydrogens is 174 g/mol. The highest BCUT2D eigenvalue weighted by Gasteiger charge is 2.10. The summed E-state index contributed by atoms with van der Waals surface area (Å²) >= 11 is 0. The molecule has 0 saturated heterocycles. The molecule has 0 bridgehead atoms. The van der Waals surface area contributed by atoms with Gasteiger partial charge in [0.05, 0.1) is 12.5 Å². The van der Waals surface area contributed by atoms with Crippen molar-refractivity contribution in [2.45, 2.75) is 32.2 Å². The minimum Gasteiger partial charge on any atom is -0.472 e. The summed E-state index contributed by atoms with van der Waals surface area (Å²) in [6.07, 6.45) is 11.6. The molecule has 0 aliphatic carbocycles. The van der Waals surface area contributed by atoms with E-state index < -0.39 is 0 Å². The molecule has 1 atom stereocenters. The Morgan fingerprint density at radius 1 is 1.64 bits per heavy atom. The molecule has 0 aliphatic heterocycles. The van der Waals surface area contributed by atoms with Gasteiger partial charge in [0.2, 0.25) is 0 Å². The van der Waals surface area contributed by atoms with Gasteiger partial charge in [0.15, 0.2) is 0 Å². The molecule has 0 aliphatic rings. The van der Waals surface area contributed by atoms with E-state index in [2.05, 4.69) is 18.2 Å². The van der Waals surface area contributed by atoms with E-state index in [-0.39, 0.29) is 0 Å². The summed E-state index contributed by atoms with van der Waals surface area (Å²) in [7, 11) is 0. The number of furan rings is 1. The van der Waals surface area contributed by atoms with E-state index in [1.54, 1.807) is 12.5 Å². The summed E-state index contributed by atoms with van der Waals surface area (Å²) in [5.74, 6) is 2.67. The van der Waals surface area contributed by atoms with E-state index in [4.69, 9.17) is 10.8 Å². The van der Waals surface area contributed by atoms with Crippen LogP contribution in [0, 0.1) is 12.3 Å². The van der Waals surface area contributed by atoms with Crippen LogP contribution in [0.4, 0.5) is 0 Å². The first-order valence-electron chi connectivity index (χ1n) is 5.07. The highest BCUT2D eigenvalue weighted by Crippen LogP contribution is 2.18. The van der Waals surface area contributed by atoms with Gasteiger partial charge >= 0.3 is 0 Å². The van der Waals surface area contributed by atoms with E-state index >= 15 is 0 Å². The van der Waals surface area contributed by atoms with E-state index in [1.807, 2.05) is 6.07 Å². The Labute approximate surface area is 85.7 Å². The molecule has 1 rings (SSSR count). The Balaban J connectivity index is 2.49. The van der Waals surface area contributed by atoms with Gasteiger partial charge in [-0.1, -0.05) is 6.92 Å². The highest BCUT2D eigenvalue weighted by molar-refractivity contribution is 5.11. The summed E-state index contributed by atoms with van der Waals surface area (Å²) in [6, 6.07) is 2.33. The summed E-state index contributed by atoms with van der Waals surface area (Å²) in [6.45, 7) is 3.17. The number of terminal acetylenes is 1. The summed E-state index contributed by atoms with van der Waals surface area (Å²) < 4.78 is 5.06. The molecule has 1 unspecified atom stereocenters. The number of rotatable bonds is 6. The fraction of sp³-hybridized carbons (Fsp3) is 0.500. The molecule has 1 aromatic rings. The molecule has 1 heterocycles. The van der Waals surface area contributed by atoms with Crippen LogP contribution in [0.25, 0.3) is 0 Å². The lowest BCUT2D eigenvalue weighted by atomic mass is 10.1. The predicted molar refractivity (Wildman–Crippen MR) is 57.8 cm³/mol. The zero-order chi connectivity index (χ0) is 10.2. The van der Waals surface area contributed by atoms with Gasteiger partial charge in [0, 0.05) is 18.0 Å². The van der Waals surface area contributed by atoms with Crippen molar-refractivity contribution in [1.29, 1.82) is 0 Å². The molecule has 2 nitrogen and oxygen atoms in total. The van der Waals surface area contributed by atoms with Gasteiger partial charge < -0.3 is 9.73 Å². The molecule has 0 fully saturated rings. The number of hydrogen-bond acceptors (Lipinski definition) is 2. The Hall–Kier alpha value is -1.20. The SMILES string of the molecule is C#CCCC(NCCC)c1ccoc1. The van der Waals surface area contributed by atoms with Crippen LogP contribution in [-0.4, -0.2) is 6.54 Å². The van der Waals surface area contributed by atoms with Crippen molar-refractivity contribution in [3.63, 3.8) is 0 Å². The lowest BCUT2D eigenvalue weighted by Gasteiger charge is -2.15. The van der Waals surface area contributed by atoms with Crippen molar-refractivity contribution in [2.75, 3.05) is 6.54 Å². The van der Waals surface area contributed by atoms with Crippen LogP contribution in [0.5, 0.6) is 0 Å². The molecule has 0 aromatic carbocycles. The molecular formula is C12H17NO. The monoisotopic (exact) mass is 191 g/mol. The topological polar surface area (TPSA) is 25.2 Å². The largest absolute Gasteiger partial charge is 0.472 e. The molecule has 1 aromatic heterocycles. The maximum Gasteiger partial charge on any atom is 0.0950 e. The second-order valence-electron chi connectivity index (χ2n) is 3.31. The molecule has 14 heavy (non-hydrogen) atoms. The highest BCUT2D eigenvalue weighted by atomic mass is 16.3. The van der Waals surface area contributed by atoms with Gasteiger partial charge in [-0.25, -0.2) is 0 Å². The van der Waals surface area contributed by atoms with E-state index in [0.717, 1.165) is 25.8 Å². The van der Waals surface area contributed by atoms with Crippen LogP contribution in [0.1, 0.15) is 37.8 Å². The Bertz CT molecular complexity index is 271. The third-order valence-electron chi connectivity index (χ3n) is 2.16. The lowest BCUT2D eigenvalue weighted by Crippen LogP contribution is -2.21. The fourth-order valence-corrected chi connectivity index (χ4v) is 1.41. The van der Waals surface area contributed by atoms with Crippen molar-refractivity contribution in [3.05, 3.63) is 24.2 Å². The van der Waals surface area contributed by atoms with Crippen LogP contribution in [0.2, 0.25) is 0 Å². The molecule has 1 N–H and O–H groups in total. The third-order valence-corrected chi connectivity index (χ3v) is 2.16. The Morgan fingerprint density at radius 2 is 2.50 bits per heavy atom. The van der Waals surface area contributed by atoms with E-state index in [9.17, 15) is 0 Å². The smallest absolute Gasteiger partial charge is 0.0950 e. The molecule has 2 heteroatoms. The Kier molecular flexibility index (Phi) is 4.88. The van der Waals surface area contributed by atoms with Crippen molar-refractivity contribution in [1.82, 2.24) is 5.32 Å². The molecule has 0 amide bonds. The van der Waals surface area contributed by atoms with Gasteiger partial charge in [-0.15, -0.1) is 12.3 Å². The fourth-order valence-electron chi connectivity index (χ4n) is 1.41. The molecule has 0 radical (unpaired) electrons. The molecule has 0 spiro atoms. The van der Waals surface area contributed by atoms with Crippen molar-refractivity contribution >= 4 is 0 Å². The summed E-state index contributed by atoms with van der Waals surface area (Å²) in [5, 5.41) is 3.45.